The summed E-state index contributed by atoms with van der Waals surface area (Å²) in [6, 6.07) is 9.63. The van der Waals surface area contributed by atoms with E-state index in [1.807, 2.05) is 35.0 Å². The van der Waals surface area contributed by atoms with E-state index in [1.165, 1.54) is 32.4 Å². The topological polar surface area (TPSA) is 30.3 Å². The smallest absolute Gasteiger partial charge is 0.184 e. The molecule has 0 N–H and O–H groups in total. The fourth-order valence-corrected chi connectivity index (χ4v) is 2.83. The predicted octanol–water partition coefficient (Wildman–Crippen LogP) is 3.81. The molecule has 1 aliphatic rings. The zero-order valence-corrected chi connectivity index (χ0v) is 12.8. The van der Waals surface area contributed by atoms with E-state index in [9.17, 15) is 0 Å². The zero-order valence-electron chi connectivity index (χ0n) is 12.0. The number of piperidine rings is 1. The second-order valence-corrected chi connectivity index (χ2v) is 5.70. The molecule has 21 heavy (non-hydrogen) atoms. The summed E-state index contributed by atoms with van der Waals surface area (Å²) < 4.78 is 7.57. The van der Waals surface area contributed by atoms with Gasteiger partial charge in [-0.05, 0) is 38.1 Å². The number of benzene rings is 1. The molecule has 1 aliphatic heterocycles. The molecule has 2 heterocycles. The number of rotatable bonds is 5. The highest BCUT2D eigenvalue weighted by Gasteiger charge is 2.13. The molecule has 0 aliphatic carbocycles. The fourth-order valence-electron chi connectivity index (χ4n) is 2.61. The lowest BCUT2D eigenvalue weighted by atomic mass is 10.1. The number of ether oxygens (including phenoxy) is 1. The minimum absolute atomic E-state index is 0.566. The van der Waals surface area contributed by atoms with Gasteiger partial charge in [0.15, 0.2) is 10.9 Å². The first-order chi connectivity index (χ1) is 10.3. The molecular formula is C16H20ClN3O. The van der Waals surface area contributed by atoms with Gasteiger partial charge in [0.25, 0.3) is 0 Å². The second-order valence-electron chi connectivity index (χ2n) is 5.34. The maximum atomic E-state index is 6.35. The molecule has 0 saturated carbocycles. The van der Waals surface area contributed by atoms with Crippen LogP contribution < -0.4 is 4.74 Å². The summed E-state index contributed by atoms with van der Waals surface area (Å²) in [5.41, 5.74) is 0. The minimum Gasteiger partial charge on any atom is -0.452 e. The van der Waals surface area contributed by atoms with E-state index in [0.29, 0.717) is 10.9 Å². The highest BCUT2D eigenvalue weighted by atomic mass is 35.5. The molecule has 1 fully saturated rings. The lowest BCUT2D eigenvalue weighted by molar-refractivity contribution is 0.218. The Hall–Kier alpha value is -1.52. The lowest BCUT2D eigenvalue weighted by Gasteiger charge is -2.26. The molecule has 3 rings (SSSR count). The van der Waals surface area contributed by atoms with Gasteiger partial charge < -0.3 is 9.64 Å². The van der Waals surface area contributed by atoms with E-state index in [2.05, 4.69) is 10.00 Å². The van der Waals surface area contributed by atoms with Gasteiger partial charge in [0.05, 0.1) is 12.7 Å². The summed E-state index contributed by atoms with van der Waals surface area (Å²) >= 11 is 6.35. The average Bonchev–Trinajstić information content (AvgIpc) is 2.88. The number of hydrogen-bond acceptors (Lipinski definition) is 3. The lowest BCUT2D eigenvalue weighted by Crippen LogP contribution is -2.32. The Morgan fingerprint density at radius 3 is 2.57 bits per heavy atom. The van der Waals surface area contributed by atoms with Crippen molar-refractivity contribution < 1.29 is 4.74 Å². The van der Waals surface area contributed by atoms with Crippen LogP contribution in [0, 0.1) is 0 Å². The van der Waals surface area contributed by atoms with E-state index >= 15 is 0 Å². The van der Waals surface area contributed by atoms with Gasteiger partial charge >= 0.3 is 0 Å². The monoisotopic (exact) mass is 305 g/mol. The quantitative estimate of drug-likeness (QED) is 0.841. The number of para-hydroxylation sites is 1. The van der Waals surface area contributed by atoms with Crippen molar-refractivity contribution in [2.75, 3.05) is 19.6 Å². The Morgan fingerprint density at radius 1 is 1.05 bits per heavy atom. The summed E-state index contributed by atoms with van der Waals surface area (Å²) in [7, 11) is 0. The molecule has 1 aromatic heterocycles. The normalized spacial score (nSPS) is 16.0. The van der Waals surface area contributed by atoms with Crippen molar-refractivity contribution in [1.29, 1.82) is 0 Å². The van der Waals surface area contributed by atoms with E-state index in [-0.39, 0.29) is 0 Å². The number of hydrogen-bond donors (Lipinski definition) is 0. The van der Waals surface area contributed by atoms with Crippen LogP contribution in [-0.4, -0.2) is 34.3 Å². The molecule has 1 saturated heterocycles. The fraction of sp³-hybridized carbons (Fsp3) is 0.438. The molecule has 1 aromatic carbocycles. The molecule has 112 valence electrons. The Balaban J connectivity index is 1.59. The standard InChI is InChI=1S/C16H20ClN3O/c17-16-15(21-14-7-3-1-4-8-14)13-18-20(16)12-11-19-9-5-2-6-10-19/h1,3-4,7-8,13H,2,5-6,9-12H2. The van der Waals surface area contributed by atoms with Crippen LogP contribution in [0.25, 0.3) is 0 Å². The predicted molar refractivity (Wildman–Crippen MR) is 84.0 cm³/mol. The zero-order chi connectivity index (χ0) is 14.5. The van der Waals surface area contributed by atoms with Gasteiger partial charge in [-0.2, -0.15) is 5.10 Å². The maximum Gasteiger partial charge on any atom is 0.184 e. The molecule has 0 radical (unpaired) electrons. The highest BCUT2D eigenvalue weighted by Crippen LogP contribution is 2.28. The molecule has 0 bridgehead atoms. The van der Waals surface area contributed by atoms with Crippen LogP contribution in [0.5, 0.6) is 11.5 Å². The molecule has 0 amide bonds. The Kier molecular flexibility index (Phi) is 4.78. The van der Waals surface area contributed by atoms with E-state index in [1.54, 1.807) is 6.20 Å². The first-order valence-corrected chi connectivity index (χ1v) is 7.87. The number of halogens is 1. The largest absolute Gasteiger partial charge is 0.452 e. The Bertz CT molecular complexity index is 564. The third-order valence-electron chi connectivity index (χ3n) is 3.79. The second kappa shape index (κ2) is 6.96. The van der Waals surface area contributed by atoms with Gasteiger partial charge in [0, 0.05) is 6.54 Å². The van der Waals surface area contributed by atoms with Gasteiger partial charge in [-0.1, -0.05) is 36.2 Å². The minimum atomic E-state index is 0.566. The number of nitrogens with zero attached hydrogens (tertiary/aromatic N) is 3. The molecule has 2 aromatic rings. The first-order valence-electron chi connectivity index (χ1n) is 7.49. The van der Waals surface area contributed by atoms with E-state index in [4.69, 9.17) is 16.3 Å². The van der Waals surface area contributed by atoms with Crippen LogP contribution in [0.4, 0.5) is 0 Å². The van der Waals surface area contributed by atoms with Gasteiger partial charge in [-0.3, -0.25) is 0 Å². The summed E-state index contributed by atoms with van der Waals surface area (Å²) in [6.45, 7) is 4.17. The van der Waals surface area contributed by atoms with Crippen molar-refractivity contribution in [1.82, 2.24) is 14.7 Å². The third kappa shape index (κ3) is 3.77. The summed E-state index contributed by atoms with van der Waals surface area (Å²) in [6.07, 6.45) is 5.64. The van der Waals surface area contributed by atoms with Crippen molar-refractivity contribution in [3.63, 3.8) is 0 Å². The van der Waals surface area contributed by atoms with Crippen molar-refractivity contribution >= 4 is 11.6 Å². The van der Waals surface area contributed by atoms with Crippen molar-refractivity contribution in [2.45, 2.75) is 25.8 Å². The molecular weight excluding hydrogens is 286 g/mol. The van der Waals surface area contributed by atoms with Crippen molar-refractivity contribution in [3.8, 4) is 11.5 Å². The summed E-state index contributed by atoms with van der Waals surface area (Å²) in [5.74, 6) is 1.39. The van der Waals surface area contributed by atoms with Crippen LogP contribution in [0.1, 0.15) is 19.3 Å². The van der Waals surface area contributed by atoms with Gasteiger partial charge in [-0.15, -0.1) is 0 Å². The Morgan fingerprint density at radius 2 is 1.81 bits per heavy atom. The number of likely N-dealkylation sites (tertiary alicyclic amines) is 1. The average molecular weight is 306 g/mol. The molecule has 4 nitrogen and oxygen atoms in total. The summed E-state index contributed by atoms with van der Waals surface area (Å²) in [5, 5.41) is 4.89. The Labute approximate surface area is 130 Å². The first kappa shape index (κ1) is 14.4. The molecule has 0 unspecified atom stereocenters. The van der Waals surface area contributed by atoms with E-state index < -0.39 is 0 Å². The van der Waals surface area contributed by atoms with Crippen LogP contribution in [0.3, 0.4) is 0 Å². The van der Waals surface area contributed by atoms with Crippen molar-refractivity contribution in [2.24, 2.45) is 0 Å². The molecule has 0 spiro atoms. The van der Waals surface area contributed by atoms with Crippen LogP contribution in [0.15, 0.2) is 36.5 Å². The van der Waals surface area contributed by atoms with Crippen LogP contribution in [-0.2, 0) is 6.54 Å². The maximum absolute atomic E-state index is 6.35. The van der Waals surface area contributed by atoms with Gasteiger partial charge in [0.2, 0.25) is 0 Å². The van der Waals surface area contributed by atoms with Crippen LogP contribution >= 0.6 is 11.6 Å². The number of aromatic nitrogens is 2. The van der Waals surface area contributed by atoms with Gasteiger partial charge in [-0.25, -0.2) is 4.68 Å². The van der Waals surface area contributed by atoms with E-state index in [0.717, 1.165) is 18.8 Å². The van der Waals surface area contributed by atoms with Gasteiger partial charge in [0.1, 0.15) is 5.75 Å². The van der Waals surface area contributed by atoms with Crippen LogP contribution in [0.2, 0.25) is 5.15 Å². The molecule has 5 heteroatoms. The SMILES string of the molecule is Clc1c(Oc2ccccc2)cnn1CCN1CCCCC1. The summed E-state index contributed by atoms with van der Waals surface area (Å²) in [4.78, 5) is 2.47. The third-order valence-corrected chi connectivity index (χ3v) is 4.17. The molecule has 0 atom stereocenters. The van der Waals surface area contributed by atoms with Crippen molar-refractivity contribution in [3.05, 3.63) is 41.7 Å². The highest BCUT2D eigenvalue weighted by molar-refractivity contribution is 6.31.